The minimum atomic E-state index is -0.766. The van der Waals surface area contributed by atoms with Gasteiger partial charge in [-0.05, 0) is 30.3 Å². The summed E-state index contributed by atoms with van der Waals surface area (Å²) in [6.45, 7) is -0.310. The van der Waals surface area contributed by atoms with Crippen molar-refractivity contribution >= 4 is 17.3 Å². The Bertz CT molecular complexity index is 971. The number of hydrogen-bond acceptors (Lipinski definition) is 8. The van der Waals surface area contributed by atoms with E-state index in [1.165, 1.54) is 30.3 Å². The van der Waals surface area contributed by atoms with E-state index in [1.54, 1.807) is 0 Å². The summed E-state index contributed by atoms with van der Waals surface area (Å²) in [6.07, 6.45) is 0. The molecular formula is C16H11FN4O5. The fraction of sp³-hybridized carbons (Fsp3) is 0.0625. The third-order valence-electron chi connectivity index (χ3n) is 3.35. The second-order valence-corrected chi connectivity index (χ2v) is 5.11. The predicted octanol–water partition coefficient (Wildman–Crippen LogP) is 2.72. The molecule has 0 spiro atoms. The third kappa shape index (κ3) is 3.64. The summed E-state index contributed by atoms with van der Waals surface area (Å²) in [6, 6.07) is 8.83. The molecule has 0 saturated carbocycles. The van der Waals surface area contributed by atoms with Gasteiger partial charge in [0.1, 0.15) is 5.82 Å². The largest absolute Gasteiger partial charge is 0.452 e. The Morgan fingerprint density at radius 3 is 2.62 bits per heavy atom. The number of nitro benzene ring substituents is 1. The van der Waals surface area contributed by atoms with Crippen LogP contribution in [0.3, 0.4) is 0 Å². The van der Waals surface area contributed by atoms with Crippen LogP contribution in [0.5, 0.6) is 0 Å². The summed E-state index contributed by atoms with van der Waals surface area (Å²) in [7, 11) is 0. The fourth-order valence-corrected chi connectivity index (χ4v) is 2.08. The van der Waals surface area contributed by atoms with Crippen LogP contribution < -0.4 is 5.73 Å². The number of benzene rings is 2. The number of esters is 1. The fourth-order valence-electron chi connectivity index (χ4n) is 2.08. The summed E-state index contributed by atoms with van der Waals surface area (Å²) >= 11 is 0. The van der Waals surface area contributed by atoms with Gasteiger partial charge in [-0.1, -0.05) is 0 Å². The molecule has 10 heteroatoms. The molecule has 0 aliphatic rings. The second kappa shape index (κ2) is 6.97. The molecule has 0 fully saturated rings. The number of carbonyl (C=O) groups excluding carboxylic acids is 1. The van der Waals surface area contributed by atoms with E-state index < -0.39 is 16.7 Å². The lowest BCUT2D eigenvalue weighted by atomic mass is 10.2. The van der Waals surface area contributed by atoms with Gasteiger partial charge < -0.3 is 14.9 Å². The van der Waals surface area contributed by atoms with Gasteiger partial charge in [0, 0.05) is 23.4 Å². The van der Waals surface area contributed by atoms with Crippen molar-refractivity contribution in [2.24, 2.45) is 0 Å². The number of non-ortho nitro benzene ring substituents is 1. The highest BCUT2D eigenvalue weighted by molar-refractivity contribution is 5.94. The van der Waals surface area contributed by atoms with Crippen molar-refractivity contribution in [2.45, 2.75) is 6.61 Å². The van der Waals surface area contributed by atoms with Crippen LogP contribution in [-0.4, -0.2) is 21.1 Å². The minimum absolute atomic E-state index is 0.0153. The molecule has 2 N–H and O–H groups in total. The van der Waals surface area contributed by atoms with Gasteiger partial charge in [-0.15, -0.1) is 10.2 Å². The van der Waals surface area contributed by atoms with Gasteiger partial charge in [-0.2, -0.15) is 0 Å². The molecule has 0 aliphatic carbocycles. The maximum atomic E-state index is 13.0. The number of ether oxygens (including phenoxy) is 1. The summed E-state index contributed by atoms with van der Waals surface area (Å²) in [5, 5.41) is 18.2. The summed E-state index contributed by atoms with van der Waals surface area (Å²) in [4.78, 5) is 22.1. The molecule has 0 amide bonds. The topological polar surface area (TPSA) is 134 Å². The van der Waals surface area contributed by atoms with E-state index >= 15 is 0 Å². The highest BCUT2D eigenvalue weighted by atomic mass is 19.1. The average molecular weight is 358 g/mol. The minimum Gasteiger partial charge on any atom is -0.452 e. The molecule has 1 aromatic heterocycles. The molecule has 0 bridgehead atoms. The van der Waals surface area contributed by atoms with E-state index in [2.05, 4.69) is 10.2 Å². The summed E-state index contributed by atoms with van der Waals surface area (Å²) in [5.41, 5.74) is 5.94. The van der Waals surface area contributed by atoms with Crippen molar-refractivity contribution in [2.75, 3.05) is 5.73 Å². The van der Waals surface area contributed by atoms with Crippen molar-refractivity contribution < 1.29 is 23.3 Å². The van der Waals surface area contributed by atoms with Crippen LogP contribution >= 0.6 is 0 Å². The third-order valence-corrected chi connectivity index (χ3v) is 3.35. The number of hydrogen-bond donors (Lipinski definition) is 1. The lowest BCUT2D eigenvalue weighted by Gasteiger charge is -2.05. The molecule has 3 aromatic rings. The first-order chi connectivity index (χ1) is 12.4. The Labute approximate surface area is 145 Å². The van der Waals surface area contributed by atoms with Crippen LogP contribution in [0.15, 0.2) is 46.9 Å². The number of nitrogens with two attached hydrogens (primary N) is 1. The van der Waals surface area contributed by atoms with E-state index in [1.807, 2.05) is 0 Å². The zero-order valence-electron chi connectivity index (χ0n) is 13.1. The number of rotatable bonds is 5. The molecule has 0 saturated heterocycles. The van der Waals surface area contributed by atoms with E-state index in [4.69, 9.17) is 14.9 Å². The van der Waals surface area contributed by atoms with Gasteiger partial charge in [0.05, 0.1) is 10.5 Å². The Kier molecular flexibility index (Phi) is 4.56. The molecule has 9 nitrogen and oxygen atoms in total. The molecule has 0 aliphatic heterocycles. The van der Waals surface area contributed by atoms with Crippen LogP contribution in [0.2, 0.25) is 0 Å². The Balaban J connectivity index is 1.66. The molecule has 0 radical (unpaired) electrons. The number of nitro groups is 1. The van der Waals surface area contributed by atoms with Crippen LogP contribution in [0.1, 0.15) is 16.2 Å². The number of anilines is 1. The SMILES string of the molecule is Nc1cc(F)ccc1C(=O)OCc1nnc(-c2ccc([N+](=O)[O-])cc2)o1. The predicted molar refractivity (Wildman–Crippen MR) is 86.3 cm³/mol. The van der Waals surface area contributed by atoms with Crippen LogP contribution in [0.4, 0.5) is 15.8 Å². The number of nitrogens with zero attached hydrogens (tertiary/aromatic N) is 3. The first-order valence-corrected chi connectivity index (χ1v) is 7.23. The number of halogens is 1. The van der Waals surface area contributed by atoms with Crippen LogP contribution in [-0.2, 0) is 11.3 Å². The van der Waals surface area contributed by atoms with Crippen molar-refractivity contribution in [3.05, 3.63) is 69.9 Å². The molecule has 2 aromatic carbocycles. The van der Waals surface area contributed by atoms with Gasteiger partial charge in [0.2, 0.25) is 5.89 Å². The Hall–Kier alpha value is -3.82. The van der Waals surface area contributed by atoms with Gasteiger partial charge in [-0.3, -0.25) is 10.1 Å². The van der Waals surface area contributed by atoms with Crippen molar-refractivity contribution in [3.63, 3.8) is 0 Å². The molecule has 0 atom stereocenters. The molecular weight excluding hydrogens is 347 g/mol. The van der Waals surface area contributed by atoms with E-state index in [0.717, 1.165) is 12.1 Å². The standard InChI is InChI=1S/C16H11FN4O5/c17-10-3-6-12(13(18)7-10)16(22)25-8-14-19-20-15(26-14)9-1-4-11(5-2-9)21(23)24/h1-7H,8,18H2. The number of nitrogen functional groups attached to an aromatic ring is 1. The number of carbonyl (C=O) groups is 1. The lowest BCUT2D eigenvalue weighted by Crippen LogP contribution is -2.08. The molecule has 132 valence electrons. The maximum Gasteiger partial charge on any atom is 0.340 e. The normalized spacial score (nSPS) is 10.5. The molecule has 0 unspecified atom stereocenters. The highest BCUT2D eigenvalue weighted by Crippen LogP contribution is 2.22. The monoisotopic (exact) mass is 358 g/mol. The molecule has 26 heavy (non-hydrogen) atoms. The van der Waals surface area contributed by atoms with E-state index in [0.29, 0.717) is 5.56 Å². The zero-order chi connectivity index (χ0) is 18.7. The van der Waals surface area contributed by atoms with E-state index in [9.17, 15) is 19.3 Å². The van der Waals surface area contributed by atoms with Gasteiger partial charge in [-0.25, -0.2) is 9.18 Å². The Morgan fingerprint density at radius 2 is 1.96 bits per heavy atom. The van der Waals surface area contributed by atoms with E-state index in [-0.39, 0.29) is 35.3 Å². The smallest absolute Gasteiger partial charge is 0.340 e. The lowest BCUT2D eigenvalue weighted by molar-refractivity contribution is -0.384. The Morgan fingerprint density at radius 1 is 1.23 bits per heavy atom. The first-order valence-electron chi connectivity index (χ1n) is 7.23. The number of aromatic nitrogens is 2. The summed E-state index contributed by atoms with van der Waals surface area (Å²) < 4.78 is 23.3. The van der Waals surface area contributed by atoms with Crippen LogP contribution in [0, 0.1) is 15.9 Å². The summed E-state index contributed by atoms with van der Waals surface area (Å²) in [5.74, 6) is -1.19. The van der Waals surface area contributed by atoms with Gasteiger partial charge >= 0.3 is 5.97 Å². The van der Waals surface area contributed by atoms with Crippen molar-refractivity contribution in [1.82, 2.24) is 10.2 Å². The van der Waals surface area contributed by atoms with Crippen molar-refractivity contribution in [1.29, 1.82) is 0 Å². The van der Waals surface area contributed by atoms with Crippen molar-refractivity contribution in [3.8, 4) is 11.5 Å². The van der Waals surface area contributed by atoms with Crippen LogP contribution in [0.25, 0.3) is 11.5 Å². The zero-order valence-corrected chi connectivity index (χ0v) is 13.1. The first kappa shape index (κ1) is 17.0. The molecule has 3 rings (SSSR count). The maximum absolute atomic E-state index is 13.0. The van der Waals surface area contributed by atoms with Gasteiger partial charge in [0.15, 0.2) is 6.61 Å². The average Bonchev–Trinajstić information content (AvgIpc) is 3.09. The molecule has 1 heterocycles. The van der Waals surface area contributed by atoms with Gasteiger partial charge in [0.25, 0.3) is 11.6 Å². The quantitative estimate of drug-likeness (QED) is 0.318. The second-order valence-electron chi connectivity index (χ2n) is 5.11. The highest BCUT2D eigenvalue weighted by Gasteiger charge is 2.15.